The molecule has 10 heteroatoms. The third-order valence-electron chi connectivity index (χ3n) is 5.20. The molecule has 4 rings (SSSR count). The van der Waals surface area contributed by atoms with Crippen molar-refractivity contribution >= 4 is 5.91 Å². The molecule has 0 spiro atoms. The molecule has 1 N–H and O–H groups in total. The molecule has 0 radical (unpaired) electrons. The van der Waals surface area contributed by atoms with Gasteiger partial charge in [-0.15, -0.1) is 5.10 Å². The quantitative estimate of drug-likeness (QED) is 0.635. The maximum Gasteiger partial charge on any atom is 0.220 e. The first-order chi connectivity index (χ1) is 14.8. The third-order valence-corrected chi connectivity index (χ3v) is 5.20. The smallest absolute Gasteiger partial charge is 0.220 e. The fourth-order valence-corrected chi connectivity index (χ4v) is 3.53. The summed E-state index contributed by atoms with van der Waals surface area (Å²) in [5, 5.41) is 14.9. The number of nitrogens with zero attached hydrogens (tertiary/aromatic N) is 5. The number of aromatic nitrogens is 4. The largest absolute Gasteiger partial charge is 0.486 e. The zero-order valence-corrected chi connectivity index (χ0v) is 17.0. The highest BCUT2D eigenvalue weighted by atomic mass is 16.6. The van der Waals surface area contributed by atoms with Gasteiger partial charge < -0.3 is 19.5 Å². The third kappa shape index (κ3) is 5.67. The molecule has 3 heterocycles. The Morgan fingerprint density at radius 2 is 2.03 bits per heavy atom. The Morgan fingerprint density at radius 1 is 1.20 bits per heavy atom. The molecule has 1 atom stereocenters. The molecule has 1 fully saturated rings. The number of tetrazole rings is 1. The SMILES string of the molecule is O=C(CCCn1nnnc1CN1CCOCC1)NCCC1COc2ccccc2O1. The number of hydrogen-bond donors (Lipinski definition) is 1. The van der Waals surface area contributed by atoms with Crippen molar-refractivity contribution in [3.05, 3.63) is 30.1 Å². The first-order valence-corrected chi connectivity index (χ1v) is 10.5. The fraction of sp³-hybridized carbons (Fsp3) is 0.600. The molecule has 2 aliphatic rings. The molecule has 1 amide bonds. The minimum absolute atomic E-state index is 0.0231. The highest BCUT2D eigenvalue weighted by Crippen LogP contribution is 2.31. The Morgan fingerprint density at radius 3 is 2.90 bits per heavy atom. The molecule has 30 heavy (non-hydrogen) atoms. The van der Waals surface area contributed by atoms with Crippen molar-refractivity contribution in [1.29, 1.82) is 0 Å². The maximum absolute atomic E-state index is 12.1. The Labute approximate surface area is 175 Å². The van der Waals surface area contributed by atoms with Gasteiger partial charge in [0.25, 0.3) is 0 Å². The molecular formula is C20H28N6O4. The average Bonchev–Trinajstić information content (AvgIpc) is 3.21. The van der Waals surface area contributed by atoms with E-state index in [9.17, 15) is 4.79 Å². The fourth-order valence-electron chi connectivity index (χ4n) is 3.53. The normalized spacial score (nSPS) is 18.9. The van der Waals surface area contributed by atoms with Crippen LogP contribution in [0.3, 0.4) is 0 Å². The highest BCUT2D eigenvalue weighted by Gasteiger charge is 2.20. The number of fused-ring (bicyclic) bond motifs is 1. The first-order valence-electron chi connectivity index (χ1n) is 10.5. The van der Waals surface area contributed by atoms with E-state index in [0.29, 0.717) is 45.5 Å². The second-order valence-corrected chi connectivity index (χ2v) is 7.45. The van der Waals surface area contributed by atoms with Crippen LogP contribution in [0.5, 0.6) is 11.5 Å². The van der Waals surface area contributed by atoms with Crippen LogP contribution in [-0.2, 0) is 22.6 Å². The second-order valence-electron chi connectivity index (χ2n) is 7.45. The lowest BCUT2D eigenvalue weighted by Gasteiger charge is -2.26. The molecule has 0 aliphatic carbocycles. The van der Waals surface area contributed by atoms with E-state index in [2.05, 4.69) is 25.7 Å². The number of benzene rings is 1. The van der Waals surface area contributed by atoms with Crippen molar-refractivity contribution in [2.45, 2.75) is 38.5 Å². The molecule has 2 aliphatic heterocycles. The van der Waals surface area contributed by atoms with Gasteiger partial charge in [-0.2, -0.15) is 0 Å². The molecule has 1 unspecified atom stereocenters. The summed E-state index contributed by atoms with van der Waals surface area (Å²) in [7, 11) is 0. The summed E-state index contributed by atoms with van der Waals surface area (Å²) in [4.78, 5) is 14.4. The van der Waals surface area contributed by atoms with E-state index in [0.717, 1.165) is 43.6 Å². The van der Waals surface area contributed by atoms with Crippen LogP contribution >= 0.6 is 0 Å². The molecule has 0 bridgehead atoms. The number of aryl methyl sites for hydroxylation is 1. The number of para-hydroxylation sites is 2. The van der Waals surface area contributed by atoms with Crippen molar-refractivity contribution in [3.63, 3.8) is 0 Å². The first kappa shape index (κ1) is 20.5. The predicted octanol–water partition coefficient (Wildman–Crippen LogP) is 0.632. The Balaban J connectivity index is 1.12. The number of carbonyl (C=O) groups is 1. The molecular weight excluding hydrogens is 388 g/mol. The van der Waals surface area contributed by atoms with Crippen LogP contribution in [0.4, 0.5) is 0 Å². The number of morpholine rings is 1. The zero-order chi connectivity index (χ0) is 20.6. The average molecular weight is 416 g/mol. The standard InChI is InChI=1S/C20H28N6O4/c27-20(21-8-7-16-15-29-17-4-1-2-5-18(17)30-16)6-3-9-26-19(22-23-24-26)14-25-10-12-28-13-11-25/h1-2,4-5,16H,3,6-15H2,(H,21,27). The van der Waals surface area contributed by atoms with Gasteiger partial charge >= 0.3 is 0 Å². The summed E-state index contributed by atoms with van der Waals surface area (Å²) < 4.78 is 18.8. The minimum Gasteiger partial charge on any atom is -0.486 e. The maximum atomic E-state index is 12.1. The monoisotopic (exact) mass is 416 g/mol. The topological polar surface area (TPSA) is 104 Å². The Bertz CT molecular complexity index is 823. The zero-order valence-electron chi connectivity index (χ0n) is 17.0. The number of carbonyl (C=O) groups excluding carboxylic acids is 1. The van der Waals surface area contributed by atoms with E-state index in [1.807, 2.05) is 24.3 Å². The van der Waals surface area contributed by atoms with Crippen LogP contribution in [-0.4, -0.2) is 76.6 Å². The summed E-state index contributed by atoms with van der Waals surface area (Å²) in [6.45, 7) is 5.64. The van der Waals surface area contributed by atoms with Crippen molar-refractivity contribution < 1.29 is 19.0 Å². The summed E-state index contributed by atoms with van der Waals surface area (Å²) in [5.41, 5.74) is 0. The van der Waals surface area contributed by atoms with Crippen molar-refractivity contribution in [3.8, 4) is 11.5 Å². The van der Waals surface area contributed by atoms with E-state index < -0.39 is 0 Å². The van der Waals surface area contributed by atoms with Crippen molar-refractivity contribution in [2.24, 2.45) is 0 Å². The summed E-state index contributed by atoms with van der Waals surface area (Å²) in [5.74, 6) is 2.38. The second kappa shape index (κ2) is 10.4. The minimum atomic E-state index is -0.0517. The molecule has 2 aromatic rings. The Hall–Kier alpha value is -2.72. The van der Waals surface area contributed by atoms with Gasteiger partial charge in [0.15, 0.2) is 17.3 Å². The Kier molecular flexibility index (Phi) is 7.09. The van der Waals surface area contributed by atoms with Gasteiger partial charge in [0.05, 0.1) is 19.8 Å². The number of nitrogens with one attached hydrogen (secondary N) is 1. The van der Waals surface area contributed by atoms with Crippen LogP contribution < -0.4 is 14.8 Å². The van der Waals surface area contributed by atoms with Crippen LogP contribution in [0.25, 0.3) is 0 Å². The molecule has 0 saturated carbocycles. The number of hydrogen-bond acceptors (Lipinski definition) is 8. The summed E-state index contributed by atoms with van der Waals surface area (Å²) in [6.07, 6.45) is 1.77. The molecule has 10 nitrogen and oxygen atoms in total. The van der Waals surface area contributed by atoms with E-state index >= 15 is 0 Å². The van der Waals surface area contributed by atoms with Crippen molar-refractivity contribution in [2.75, 3.05) is 39.5 Å². The molecule has 1 saturated heterocycles. The van der Waals surface area contributed by atoms with Gasteiger partial charge in [0, 0.05) is 39.0 Å². The van der Waals surface area contributed by atoms with Gasteiger partial charge in [0.1, 0.15) is 12.7 Å². The lowest BCUT2D eigenvalue weighted by Crippen LogP contribution is -2.36. The van der Waals surface area contributed by atoms with Gasteiger partial charge in [-0.1, -0.05) is 12.1 Å². The lowest BCUT2D eigenvalue weighted by molar-refractivity contribution is -0.121. The van der Waals surface area contributed by atoms with E-state index in [1.165, 1.54) is 0 Å². The van der Waals surface area contributed by atoms with E-state index in [1.54, 1.807) is 4.68 Å². The molecule has 162 valence electrons. The summed E-state index contributed by atoms with van der Waals surface area (Å²) in [6, 6.07) is 7.63. The van der Waals surface area contributed by atoms with Gasteiger partial charge in [-0.05, 0) is 29.0 Å². The van der Waals surface area contributed by atoms with Crippen LogP contribution in [0.15, 0.2) is 24.3 Å². The predicted molar refractivity (Wildman–Crippen MR) is 107 cm³/mol. The molecule has 1 aromatic carbocycles. The number of rotatable bonds is 9. The highest BCUT2D eigenvalue weighted by molar-refractivity contribution is 5.75. The van der Waals surface area contributed by atoms with Crippen LogP contribution in [0.1, 0.15) is 25.1 Å². The van der Waals surface area contributed by atoms with E-state index in [4.69, 9.17) is 14.2 Å². The number of ether oxygens (including phenoxy) is 3. The van der Waals surface area contributed by atoms with Crippen molar-refractivity contribution in [1.82, 2.24) is 30.4 Å². The van der Waals surface area contributed by atoms with E-state index in [-0.39, 0.29) is 12.0 Å². The summed E-state index contributed by atoms with van der Waals surface area (Å²) >= 11 is 0. The number of amides is 1. The van der Waals surface area contributed by atoms with Gasteiger partial charge in [0.2, 0.25) is 5.91 Å². The van der Waals surface area contributed by atoms with Crippen LogP contribution in [0.2, 0.25) is 0 Å². The van der Waals surface area contributed by atoms with Gasteiger partial charge in [-0.3, -0.25) is 9.69 Å². The van der Waals surface area contributed by atoms with Gasteiger partial charge in [-0.25, -0.2) is 4.68 Å². The molecule has 1 aromatic heterocycles. The van der Waals surface area contributed by atoms with Crippen LogP contribution in [0, 0.1) is 0 Å². The lowest BCUT2D eigenvalue weighted by atomic mass is 10.2.